The molecule has 0 aliphatic heterocycles. The number of hydrogen-bond acceptors (Lipinski definition) is 7. The van der Waals surface area contributed by atoms with Crippen molar-refractivity contribution in [2.24, 2.45) is 35.5 Å². The molecule has 9 aliphatic rings. The summed E-state index contributed by atoms with van der Waals surface area (Å²) < 4.78 is 2.65. The van der Waals surface area contributed by atoms with Crippen molar-refractivity contribution >= 4 is 93.7 Å². The van der Waals surface area contributed by atoms with Crippen LogP contribution < -0.4 is 14.7 Å². The highest BCUT2D eigenvalue weighted by molar-refractivity contribution is 7.25. The van der Waals surface area contributed by atoms with Gasteiger partial charge in [0.15, 0.2) is 0 Å². The molecule has 9 aliphatic carbocycles. The summed E-state index contributed by atoms with van der Waals surface area (Å²) in [6, 6.07) is 138. The van der Waals surface area contributed by atoms with Gasteiger partial charge in [0.2, 0.25) is 0 Å². The van der Waals surface area contributed by atoms with Crippen LogP contribution in [0.15, 0.2) is 395 Å². The van der Waals surface area contributed by atoms with Gasteiger partial charge in [-0.1, -0.05) is 291 Å². The van der Waals surface area contributed by atoms with Crippen LogP contribution in [0.5, 0.6) is 0 Å². The van der Waals surface area contributed by atoms with E-state index in [1.54, 1.807) is 16.7 Å². The number of aromatic nitrogens is 3. The maximum atomic E-state index is 4.68. The van der Waals surface area contributed by atoms with Crippen LogP contribution in [0.3, 0.4) is 0 Å². The maximum Gasteiger partial charge on any atom is 0.137 e. The van der Waals surface area contributed by atoms with Gasteiger partial charge >= 0.3 is 0 Å². The average molecular weight is 1830 g/mol. The second kappa shape index (κ2) is 34.6. The summed E-state index contributed by atoms with van der Waals surface area (Å²) in [7, 11) is 0. The number of thiophene rings is 1. The molecule has 140 heavy (non-hydrogen) atoms. The molecule has 0 radical (unpaired) electrons. The van der Waals surface area contributed by atoms with Crippen molar-refractivity contribution in [3.05, 3.63) is 445 Å². The predicted molar refractivity (Wildman–Crippen MR) is 586 cm³/mol. The minimum Gasteiger partial charge on any atom is -0.310 e. The number of benzene rings is 15. The smallest absolute Gasteiger partial charge is 0.137 e. The zero-order chi connectivity index (χ0) is 93.6. The lowest BCUT2D eigenvalue weighted by Crippen LogP contribution is -2.18. The van der Waals surface area contributed by atoms with Gasteiger partial charge in [0.05, 0.1) is 11.2 Å². The summed E-state index contributed by atoms with van der Waals surface area (Å²) in [5.41, 5.74) is 41.4. The number of anilines is 9. The van der Waals surface area contributed by atoms with E-state index in [1.165, 1.54) is 220 Å². The second-order valence-corrected chi connectivity index (χ2v) is 44.4. The Morgan fingerprint density at radius 2 is 0.650 bits per heavy atom. The fraction of sp³-hybridized carbons (Fsp3) is 0.226. The molecule has 7 heteroatoms. The van der Waals surface area contributed by atoms with E-state index < -0.39 is 0 Å². The van der Waals surface area contributed by atoms with Gasteiger partial charge in [-0.05, 0) is 379 Å². The second-order valence-electron chi connectivity index (χ2n) is 43.4. The quantitative estimate of drug-likeness (QED) is 0.0961. The fourth-order valence-electron chi connectivity index (χ4n) is 27.3. The summed E-state index contributed by atoms with van der Waals surface area (Å²) >= 11 is 1.87. The standard InChI is InChI=1S/C52H46N2.C49H39NS.C32H31N3/c1-51(2)46-10-6-5-9-41(46)45-30-39(20-23-47(45)51)54(38-17-13-33(14-18-38)34-16-24-50-37(28-34)8-7-25-53-50)40-19-22-43-42-21-15-36(44-27-32-11-12-35(44)26-32)29-48(42)52(3,4)49(43)31-40;1-2-6-34(7-3-1)35-12-14-36(15-13-35)38-20-24-42(25-21-38)50(44-28-29-49-47(32-44)45-8-4-5-9-48(45)51-49)43-26-22-39(23-27-43)37-16-18-40(19-17-37)46-31-33-10-11-41(46)30-33;1-32(2)29-11-8-23(27-18-21-6-7-22(27)17-21)19-28(29)26-10-9-25(20-30(26)32)35(24-12-15-33-16-13-24)31-5-3-4-14-34-31/h5-10,13-25,28-32,35,44H,11-12,26-27H2,1-4H3;1-9,12-29,32-33,41,46H,10-11,30-31H2;3-5,8-16,19-22,27H,6-7,17-18H2,1-2H3. The van der Waals surface area contributed by atoms with Gasteiger partial charge in [-0.2, -0.15) is 0 Å². The van der Waals surface area contributed by atoms with Gasteiger partial charge in [0.25, 0.3) is 0 Å². The Morgan fingerprint density at radius 3 is 1.26 bits per heavy atom. The van der Waals surface area contributed by atoms with E-state index >= 15 is 0 Å². The molecule has 4 heterocycles. The van der Waals surface area contributed by atoms with Gasteiger partial charge in [-0.15, -0.1) is 11.3 Å². The van der Waals surface area contributed by atoms with E-state index in [1.807, 2.05) is 66.5 Å². The third-order valence-corrected chi connectivity index (χ3v) is 35.7. The molecular weight excluding hydrogens is 1710 g/mol. The van der Waals surface area contributed by atoms with Crippen LogP contribution in [-0.2, 0) is 16.2 Å². The highest BCUT2D eigenvalue weighted by Crippen LogP contribution is 2.61. The predicted octanol–water partition coefficient (Wildman–Crippen LogP) is 36.5. The lowest BCUT2D eigenvalue weighted by Gasteiger charge is -2.29. The number of pyridine rings is 3. The number of rotatable bonds is 16. The normalized spacial score (nSPS) is 20.4. The van der Waals surface area contributed by atoms with Gasteiger partial charge in [-0.25, -0.2) is 4.98 Å². The Morgan fingerprint density at radius 1 is 0.243 bits per heavy atom. The first-order chi connectivity index (χ1) is 68.6. The Labute approximate surface area is 828 Å². The number of nitrogens with zero attached hydrogens (tertiary/aromatic N) is 6. The van der Waals surface area contributed by atoms with Gasteiger partial charge in [0, 0.05) is 106 Å². The summed E-state index contributed by atoms with van der Waals surface area (Å²) in [6.07, 6.45) is 24.5. The van der Waals surface area contributed by atoms with E-state index in [2.05, 4.69) is 411 Å². The lowest BCUT2D eigenvalue weighted by molar-refractivity contribution is 0.419. The molecular formula is C133H116N6S. The van der Waals surface area contributed by atoms with E-state index in [0.29, 0.717) is 0 Å². The monoisotopic (exact) mass is 1830 g/mol. The highest BCUT2D eigenvalue weighted by Gasteiger charge is 2.46. The largest absolute Gasteiger partial charge is 0.310 e. The van der Waals surface area contributed by atoms with Crippen molar-refractivity contribution in [2.45, 2.75) is 153 Å². The zero-order valence-corrected chi connectivity index (χ0v) is 81.6. The molecule has 6 fully saturated rings. The van der Waals surface area contributed by atoms with Crippen molar-refractivity contribution in [3.63, 3.8) is 0 Å². The van der Waals surface area contributed by atoms with Gasteiger partial charge in [-0.3, -0.25) is 14.9 Å². The average Bonchev–Trinajstić information content (AvgIpc) is 1.57. The summed E-state index contributed by atoms with van der Waals surface area (Å²) in [6.45, 7) is 14.4. The summed E-state index contributed by atoms with van der Waals surface area (Å²) in [4.78, 5) is 20.5. The van der Waals surface area contributed by atoms with Crippen molar-refractivity contribution in [2.75, 3.05) is 14.7 Å². The SMILES string of the molecule is CC1(C)c2ccc(C3CC4CCC3C4)cc2-c2ccc(N(c3ccncc3)c3ccccn3)cc21.CC1(C)c2ccccc2-c2cc(N(c3ccc(-c4ccc5ncccc5c4)cc3)c3ccc4c(c3)C(C)(C)c3cc(C5CC6CCC5C6)ccc3-4)ccc21.c1ccc(-c2ccc(-c3ccc(N(c4ccc(-c5ccc(C6CC7CCC6C7)cc5)cc4)c4ccc5sc6ccccc6c5c4)cc3)cc2)cc1. The molecule has 0 spiro atoms. The molecule has 6 nitrogen and oxygen atoms in total. The fourth-order valence-corrected chi connectivity index (χ4v) is 28.3. The van der Waals surface area contributed by atoms with Crippen LogP contribution in [0.1, 0.15) is 186 Å². The molecule has 4 aromatic heterocycles. The van der Waals surface area contributed by atoms with Crippen LogP contribution in [0, 0.1) is 35.5 Å². The van der Waals surface area contributed by atoms with E-state index in [-0.39, 0.29) is 16.2 Å². The molecule has 19 aromatic rings. The third kappa shape index (κ3) is 15.1. The first-order valence-electron chi connectivity index (χ1n) is 51.4. The summed E-state index contributed by atoms with van der Waals surface area (Å²) in [5, 5.41) is 3.78. The highest BCUT2D eigenvalue weighted by atomic mass is 32.1. The Kier molecular flexibility index (Phi) is 21.3. The van der Waals surface area contributed by atoms with Crippen molar-refractivity contribution in [1.82, 2.24) is 15.0 Å². The molecule has 9 unspecified atom stereocenters. The van der Waals surface area contributed by atoms with Crippen LogP contribution in [0.25, 0.3) is 109 Å². The zero-order valence-electron chi connectivity index (χ0n) is 80.8. The molecule has 9 atom stereocenters. The molecule has 0 saturated heterocycles. The topological polar surface area (TPSA) is 48.4 Å². The number of fused-ring (bicyclic) bond motifs is 19. The Balaban J connectivity index is 0.000000111. The molecule has 0 N–H and O–H groups in total. The van der Waals surface area contributed by atoms with Crippen molar-refractivity contribution < 1.29 is 0 Å². The van der Waals surface area contributed by atoms with Crippen molar-refractivity contribution in [1.29, 1.82) is 0 Å². The van der Waals surface area contributed by atoms with Crippen LogP contribution in [0.4, 0.5) is 51.3 Å². The molecule has 28 rings (SSSR count). The lowest BCUT2D eigenvalue weighted by atomic mass is 9.78. The molecule has 6 saturated carbocycles. The van der Waals surface area contributed by atoms with Gasteiger partial charge < -0.3 is 9.80 Å². The van der Waals surface area contributed by atoms with Crippen LogP contribution in [-0.4, -0.2) is 15.0 Å². The summed E-state index contributed by atoms with van der Waals surface area (Å²) in [5.74, 6) is 8.76. The third-order valence-electron chi connectivity index (χ3n) is 34.5. The van der Waals surface area contributed by atoms with Crippen LogP contribution in [0.2, 0.25) is 0 Å². The maximum absolute atomic E-state index is 4.68. The van der Waals surface area contributed by atoms with E-state index in [9.17, 15) is 0 Å². The van der Waals surface area contributed by atoms with E-state index in [0.717, 1.165) is 104 Å². The number of hydrogen-bond donors (Lipinski definition) is 0. The minimum absolute atomic E-state index is 0.0351. The Bertz CT molecular complexity index is 7920. The van der Waals surface area contributed by atoms with Crippen molar-refractivity contribution in [3.8, 4) is 77.9 Å². The van der Waals surface area contributed by atoms with Gasteiger partial charge in [0.1, 0.15) is 5.82 Å². The molecule has 6 bridgehead atoms. The van der Waals surface area contributed by atoms with E-state index in [4.69, 9.17) is 0 Å². The first-order valence-corrected chi connectivity index (χ1v) is 52.3. The Hall–Kier alpha value is -14.4. The first kappa shape index (κ1) is 86.0. The molecule has 684 valence electrons. The molecule has 15 aromatic carbocycles. The van der Waals surface area contributed by atoms with Crippen LogP contribution >= 0.6 is 11.3 Å². The minimum atomic E-state index is -0.0876. The molecule has 0 amide bonds.